The lowest BCUT2D eigenvalue weighted by molar-refractivity contribution is 0.154. The van der Waals surface area contributed by atoms with Crippen molar-refractivity contribution in [2.24, 2.45) is 0 Å². The molecule has 0 bridgehead atoms. The molecule has 0 aliphatic carbocycles. The zero-order valence-electron chi connectivity index (χ0n) is 8.18. The van der Waals surface area contributed by atoms with Crippen molar-refractivity contribution in [1.82, 2.24) is 0 Å². The predicted octanol–water partition coefficient (Wildman–Crippen LogP) is 2.13. The molecule has 1 N–H and O–H groups in total. The monoisotopic (exact) mass is 172 g/mol. The standard InChI is InChI=1S/C10H20O2/c1-10(2)6-9-12-8-5-3-4-7-11/h6,11H,3-5,7-9H2,1-2H3. The van der Waals surface area contributed by atoms with Crippen LogP contribution in [0.1, 0.15) is 33.1 Å². The van der Waals surface area contributed by atoms with Crippen LogP contribution in [-0.4, -0.2) is 24.9 Å². The molecule has 2 heteroatoms. The van der Waals surface area contributed by atoms with Gasteiger partial charge in [0.2, 0.25) is 0 Å². The van der Waals surface area contributed by atoms with Gasteiger partial charge in [0, 0.05) is 13.2 Å². The maximum absolute atomic E-state index is 8.49. The Morgan fingerprint density at radius 3 is 2.58 bits per heavy atom. The molecule has 0 aromatic heterocycles. The van der Waals surface area contributed by atoms with Gasteiger partial charge in [0.05, 0.1) is 6.61 Å². The highest BCUT2D eigenvalue weighted by molar-refractivity contribution is 4.92. The molecule has 0 saturated carbocycles. The van der Waals surface area contributed by atoms with E-state index in [9.17, 15) is 0 Å². The number of allylic oxidation sites excluding steroid dienone is 1. The highest BCUT2D eigenvalue weighted by Gasteiger charge is 1.87. The molecule has 0 rings (SSSR count). The minimum atomic E-state index is 0.300. The lowest BCUT2D eigenvalue weighted by atomic mass is 10.2. The summed E-state index contributed by atoms with van der Waals surface area (Å²) in [6, 6.07) is 0. The van der Waals surface area contributed by atoms with Crippen LogP contribution in [-0.2, 0) is 4.74 Å². The molecule has 0 aliphatic heterocycles. The summed E-state index contributed by atoms with van der Waals surface area (Å²) < 4.78 is 5.33. The maximum Gasteiger partial charge on any atom is 0.0649 e. The van der Waals surface area contributed by atoms with Crippen LogP contribution in [0.25, 0.3) is 0 Å². The Hall–Kier alpha value is -0.340. The van der Waals surface area contributed by atoms with E-state index in [0.717, 1.165) is 32.5 Å². The molecule has 0 spiro atoms. The molecule has 0 unspecified atom stereocenters. The van der Waals surface area contributed by atoms with Crippen LogP contribution in [0.3, 0.4) is 0 Å². The maximum atomic E-state index is 8.49. The normalized spacial score (nSPS) is 9.92. The van der Waals surface area contributed by atoms with Crippen LogP contribution < -0.4 is 0 Å². The van der Waals surface area contributed by atoms with Gasteiger partial charge in [0.1, 0.15) is 0 Å². The summed E-state index contributed by atoms with van der Waals surface area (Å²) in [6.45, 7) is 5.96. The van der Waals surface area contributed by atoms with E-state index in [1.54, 1.807) is 0 Å². The lowest BCUT2D eigenvalue weighted by Gasteiger charge is -2.00. The van der Waals surface area contributed by atoms with Crippen LogP contribution in [0.2, 0.25) is 0 Å². The number of ether oxygens (including phenoxy) is 1. The fraction of sp³-hybridized carbons (Fsp3) is 0.800. The quantitative estimate of drug-likeness (QED) is 0.471. The van der Waals surface area contributed by atoms with E-state index in [-0.39, 0.29) is 0 Å². The van der Waals surface area contributed by atoms with E-state index in [4.69, 9.17) is 9.84 Å². The third-order valence-corrected chi connectivity index (χ3v) is 1.56. The van der Waals surface area contributed by atoms with Crippen molar-refractivity contribution in [3.05, 3.63) is 11.6 Å². The molecule has 0 aromatic carbocycles. The molecule has 0 aromatic rings. The van der Waals surface area contributed by atoms with Crippen molar-refractivity contribution in [2.75, 3.05) is 19.8 Å². The number of rotatable bonds is 7. The number of aliphatic hydroxyl groups excluding tert-OH is 1. The van der Waals surface area contributed by atoms with Gasteiger partial charge in [0.25, 0.3) is 0 Å². The van der Waals surface area contributed by atoms with Crippen molar-refractivity contribution in [3.63, 3.8) is 0 Å². The molecule has 0 fully saturated rings. The molecular formula is C10H20O2. The third kappa shape index (κ3) is 9.66. The van der Waals surface area contributed by atoms with E-state index >= 15 is 0 Å². The first-order chi connectivity index (χ1) is 5.77. The van der Waals surface area contributed by atoms with Crippen molar-refractivity contribution < 1.29 is 9.84 Å². The highest BCUT2D eigenvalue weighted by atomic mass is 16.5. The zero-order chi connectivity index (χ0) is 9.23. The molecule has 0 atom stereocenters. The molecule has 0 saturated heterocycles. The van der Waals surface area contributed by atoms with Gasteiger partial charge >= 0.3 is 0 Å². The minimum absolute atomic E-state index is 0.300. The summed E-state index contributed by atoms with van der Waals surface area (Å²) >= 11 is 0. The van der Waals surface area contributed by atoms with E-state index < -0.39 is 0 Å². The number of unbranched alkanes of at least 4 members (excludes halogenated alkanes) is 2. The zero-order valence-corrected chi connectivity index (χ0v) is 8.18. The molecular weight excluding hydrogens is 152 g/mol. The van der Waals surface area contributed by atoms with Crippen LogP contribution in [0.5, 0.6) is 0 Å². The Morgan fingerprint density at radius 1 is 1.25 bits per heavy atom. The minimum Gasteiger partial charge on any atom is -0.396 e. The van der Waals surface area contributed by atoms with Crippen molar-refractivity contribution in [3.8, 4) is 0 Å². The summed E-state index contributed by atoms with van der Waals surface area (Å²) in [5, 5.41) is 8.49. The Morgan fingerprint density at radius 2 is 2.00 bits per heavy atom. The second-order valence-corrected chi connectivity index (χ2v) is 3.14. The Bertz CT molecular complexity index is 115. The smallest absolute Gasteiger partial charge is 0.0649 e. The molecule has 72 valence electrons. The van der Waals surface area contributed by atoms with Gasteiger partial charge in [-0.1, -0.05) is 11.6 Å². The van der Waals surface area contributed by atoms with Crippen LogP contribution in [0.4, 0.5) is 0 Å². The van der Waals surface area contributed by atoms with Gasteiger partial charge in [-0.3, -0.25) is 0 Å². The number of aliphatic hydroxyl groups is 1. The first kappa shape index (κ1) is 11.7. The van der Waals surface area contributed by atoms with Crippen LogP contribution in [0.15, 0.2) is 11.6 Å². The van der Waals surface area contributed by atoms with Crippen LogP contribution >= 0.6 is 0 Å². The molecule has 12 heavy (non-hydrogen) atoms. The largest absolute Gasteiger partial charge is 0.396 e. The average molecular weight is 172 g/mol. The van der Waals surface area contributed by atoms with Crippen molar-refractivity contribution >= 4 is 0 Å². The first-order valence-corrected chi connectivity index (χ1v) is 4.59. The number of hydrogen-bond donors (Lipinski definition) is 1. The van der Waals surface area contributed by atoms with E-state index in [1.807, 2.05) is 0 Å². The Kier molecular flexibility index (Phi) is 8.51. The van der Waals surface area contributed by atoms with Gasteiger partial charge in [-0.25, -0.2) is 0 Å². The summed E-state index contributed by atoms with van der Waals surface area (Å²) in [5.41, 5.74) is 1.30. The third-order valence-electron chi connectivity index (χ3n) is 1.56. The highest BCUT2D eigenvalue weighted by Crippen LogP contribution is 1.95. The molecule has 0 amide bonds. The van der Waals surface area contributed by atoms with Gasteiger partial charge < -0.3 is 9.84 Å². The Balaban J connectivity index is 2.96. The van der Waals surface area contributed by atoms with Crippen molar-refractivity contribution in [1.29, 1.82) is 0 Å². The van der Waals surface area contributed by atoms with E-state index in [2.05, 4.69) is 19.9 Å². The van der Waals surface area contributed by atoms with Crippen molar-refractivity contribution in [2.45, 2.75) is 33.1 Å². The van der Waals surface area contributed by atoms with Crippen LogP contribution in [0, 0.1) is 0 Å². The SMILES string of the molecule is CC(C)=CCOCCCCCO. The molecule has 0 heterocycles. The fourth-order valence-electron chi connectivity index (χ4n) is 0.802. The predicted molar refractivity (Wildman–Crippen MR) is 51.2 cm³/mol. The van der Waals surface area contributed by atoms with E-state index in [1.165, 1.54) is 5.57 Å². The second-order valence-electron chi connectivity index (χ2n) is 3.14. The fourth-order valence-corrected chi connectivity index (χ4v) is 0.802. The van der Waals surface area contributed by atoms with Gasteiger partial charge in [-0.2, -0.15) is 0 Å². The molecule has 0 radical (unpaired) electrons. The second kappa shape index (κ2) is 8.75. The van der Waals surface area contributed by atoms with E-state index in [0.29, 0.717) is 6.61 Å². The first-order valence-electron chi connectivity index (χ1n) is 4.59. The Labute approximate surface area is 75.2 Å². The average Bonchev–Trinajstić information content (AvgIpc) is 2.02. The topological polar surface area (TPSA) is 29.5 Å². The van der Waals surface area contributed by atoms with Gasteiger partial charge in [-0.15, -0.1) is 0 Å². The van der Waals surface area contributed by atoms with Gasteiger partial charge in [0.15, 0.2) is 0 Å². The molecule has 0 aliphatic rings. The molecule has 2 nitrogen and oxygen atoms in total. The summed E-state index contributed by atoms with van der Waals surface area (Å²) in [6.07, 6.45) is 5.08. The lowest BCUT2D eigenvalue weighted by Crippen LogP contribution is -1.95. The number of hydrogen-bond acceptors (Lipinski definition) is 2. The summed E-state index contributed by atoms with van der Waals surface area (Å²) in [7, 11) is 0. The summed E-state index contributed by atoms with van der Waals surface area (Å²) in [4.78, 5) is 0. The van der Waals surface area contributed by atoms with Gasteiger partial charge in [-0.05, 0) is 33.1 Å². The summed E-state index contributed by atoms with van der Waals surface area (Å²) in [5.74, 6) is 0.